The number of rotatable bonds is 3. The van der Waals surface area contributed by atoms with Gasteiger partial charge in [-0.1, -0.05) is 0 Å². The summed E-state index contributed by atoms with van der Waals surface area (Å²) in [6, 6.07) is 3.69. The zero-order valence-corrected chi connectivity index (χ0v) is 11.8. The van der Waals surface area contributed by atoms with E-state index in [4.69, 9.17) is 0 Å². The van der Waals surface area contributed by atoms with Gasteiger partial charge in [0.15, 0.2) is 0 Å². The fraction of sp³-hybridized carbons (Fsp3) is 0.625. The Labute approximate surface area is 119 Å². The fourth-order valence-electron chi connectivity index (χ4n) is 3.74. The van der Waals surface area contributed by atoms with Crippen molar-refractivity contribution >= 4 is 5.91 Å². The van der Waals surface area contributed by atoms with Crippen LogP contribution in [0.25, 0.3) is 0 Å². The Balaban J connectivity index is 1.35. The molecule has 0 aromatic carbocycles. The van der Waals surface area contributed by atoms with Crippen molar-refractivity contribution in [2.75, 3.05) is 32.7 Å². The Morgan fingerprint density at radius 3 is 2.90 bits per heavy atom. The topological polar surface area (TPSA) is 36.4 Å². The van der Waals surface area contributed by atoms with Crippen molar-refractivity contribution in [3.05, 3.63) is 30.1 Å². The maximum Gasteiger partial charge on any atom is 0.255 e. The van der Waals surface area contributed by atoms with Crippen molar-refractivity contribution in [2.24, 2.45) is 11.3 Å². The van der Waals surface area contributed by atoms with Crippen molar-refractivity contribution in [1.29, 1.82) is 0 Å². The highest BCUT2D eigenvalue weighted by atomic mass is 16.2. The largest absolute Gasteiger partial charge is 0.338 e. The molecule has 2 saturated heterocycles. The molecule has 1 amide bonds. The number of carbonyl (C=O) groups excluding carboxylic acids is 1. The van der Waals surface area contributed by atoms with Gasteiger partial charge in [-0.25, -0.2) is 0 Å². The first-order valence-electron chi connectivity index (χ1n) is 7.66. The highest BCUT2D eigenvalue weighted by molar-refractivity contribution is 5.94. The van der Waals surface area contributed by atoms with Gasteiger partial charge < -0.3 is 9.80 Å². The van der Waals surface area contributed by atoms with E-state index in [2.05, 4.69) is 9.88 Å². The van der Waals surface area contributed by atoms with Gasteiger partial charge in [-0.3, -0.25) is 9.78 Å². The van der Waals surface area contributed by atoms with E-state index in [0.29, 0.717) is 5.41 Å². The third kappa shape index (κ3) is 2.22. The minimum Gasteiger partial charge on any atom is -0.338 e. The van der Waals surface area contributed by atoms with Crippen LogP contribution < -0.4 is 0 Å². The van der Waals surface area contributed by atoms with Crippen LogP contribution in [-0.2, 0) is 0 Å². The van der Waals surface area contributed by atoms with Gasteiger partial charge in [0.25, 0.3) is 5.91 Å². The van der Waals surface area contributed by atoms with Gasteiger partial charge in [-0.15, -0.1) is 0 Å². The molecule has 1 saturated carbocycles. The molecular weight excluding hydrogens is 250 g/mol. The van der Waals surface area contributed by atoms with Gasteiger partial charge in [0, 0.05) is 50.5 Å². The number of carbonyl (C=O) groups is 1. The number of hydrogen-bond acceptors (Lipinski definition) is 3. The number of nitrogens with zero attached hydrogens (tertiary/aromatic N) is 3. The van der Waals surface area contributed by atoms with E-state index in [1.54, 1.807) is 12.4 Å². The van der Waals surface area contributed by atoms with Gasteiger partial charge in [0.1, 0.15) is 0 Å². The SMILES string of the molecule is O=C(c1cccnc1)N1CCC2(CN(CC3CC3)C2)C1. The third-order valence-corrected chi connectivity index (χ3v) is 4.97. The molecule has 0 N–H and O–H groups in total. The highest BCUT2D eigenvalue weighted by Crippen LogP contribution is 2.42. The molecule has 3 aliphatic rings. The molecule has 3 fully saturated rings. The second-order valence-corrected chi connectivity index (χ2v) is 6.83. The second-order valence-electron chi connectivity index (χ2n) is 6.83. The smallest absolute Gasteiger partial charge is 0.255 e. The Kier molecular flexibility index (Phi) is 2.81. The summed E-state index contributed by atoms with van der Waals surface area (Å²) in [5.41, 5.74) is 1.12. The Hall–Kier alpha value is -1.42. The predicted octanol–water partition coefficient (Wildman–Crippen LogP) is 1.64. The first-order valence-corrected chi connectivity index (χ1v) is 7.66. The lowest BCUT2D eigenvalue weighted by Gasteiger charge is -2.48. The van der Waals surface area contributed by atoms with E-state index in [9.17, 15) is 4.79 Å². The van der Waals surface area contributed by atoms with Crippen LogP contribution >= 0.6 is 0 Å². The molecule has 1 aromatic heterocycles. The number of pyridine rings is 1. The van der Waals surface area contributed by atoms with Crippen LogP contribution in [0.3, 0.4) is 0 Å². The highest BCUT2D eigenvalue weighted by Gasteiger charge is 2.49. The Bertz CT molecular complexity index is 506. The lowest BCUT2D eigenvalue weighted by molar-refractivity contribution is 0.00564. The van der Waals surface area contributed by atoms with Crippen molar-refractivity contribution in [3.63, 3.8) is 0 Å². The van der Waals surface area contributed by atoms with Gasteiger partial charge >= 0.3 is 0 Å². The van der Waals surface area contributed by atoms with Crippen LogP contribution in [0, 0.1) is 11.3 Å². The van der Waals surface area contributed by atoms with Crippen molar-refractivity contribution in [2.45, 2.75) is 19.3 Å². The van der Waals surface area contributed by atoms with E-state index in [1.807, 2.05) is 17.0 Å². The molecule has 0 atom stereocenters. The molecule has 2 aliphatic heterocycles. The maximum atomic E-state index is 12.4. The van der Waals surface area contributed by atoms with Gasteiger partial charge in [0.05, 0.1) is 5.56 Å². The zero-order chi connectivity index (χ0) is 13.6. The number of likely N-dealkylation sites (tertiary alicyclic amines) is 2. The van der Waals surface area contributed by atoms with E-state index >= 15 is 0 Å². The van der Waals surface area contributed by atoms with Crippen LogP contribution in [-0.4, -0.2) is 53.4 Å². The average Bonchev–Trinajstić information content (AvgIpc) is 3.14. The van der Waals surface area contributed by atoms with Crippen molar-refractivity contribution in [3.8, 4) is 0 Å². The molecular formula is C16H21N3O. The summed E-state index contributed by atoms with van der Waals surface area (Å²) in [7, 11) is 0. The monoisotopic (exact) mass is 271 g/mol. The summed E-state index contributed by atoms with van der Waals surface area (Å²) in [6.07, 6.45) is 7.40. The quantitative estimate of drug-likeness (QED) is 0.838. The first-order chi connectivity index (χ1) is 9.74. The maximum absolute atomic E-state index is 12.4. The lowest BCUT2D eigenvalue weighted by atomic mass is 9.79. The van der Waals surface area contributed by atoms with Gasteiger partial charge in [0.2, 0.25) is 0 Å². The molecule has 1 spiro atoms. The van der Waals surface area contributed by atoms with Crippen LogP contribution in [0.5, 0.6) is 0 Å². The molecule has 4 heteroatoms. The second kappa shape index (κ2) is 4.55. The van der Waals surface area contributed by atoms with Crippen molar-refractivity contribution < 1.29 is 4.79 Å². The predicted molar refractivity (Wildman–Crippen MR) is 76.4 cm³/mol. The van der Waals surface area contributed by atoms with Crippen LogP contribution in [0.15, 0.2) is 24.5 Å². The molecule has 1 aliphatic carbocycles. The van der Waals surface area contributed by atoms with Gasteiger partial charge in [-0.2, -0.15) is 0 Å². The Morgan fingerprint density at radius 1 is 1.35 bits per heavy atom. The summed E-state index contributed by atoms with van der Waals surface area (Å²) in [6.45, 7) is 5.52. The molecule has 106 valence electrons. The average molecular weight is 271 g/mol. The van der Waals surface area contributed by atoms with Crippen LogP contribution in [0.1, 0.15) is 29.6 Å². The standard InChI is InChI=1S/C16H21N3O/c20-15(14-2-1-6-17-8-14)19-7-5-16(12-19)10-18(11-16)9-13-3-4-13/h1-2,6,8,13H,3-5,7,9-12H2. The molecule has 1 aromatic rings. The van der Waals surface area contributed by atoms with Gasteiger partial charge in [-0.05, 0) is 37.3 Å². The summed E-state index contributed by atoms with van der Waals surface area (Å²) in [4.78, 5) is 21.1. The minimum atomic E-state index is 0.149. The molecule has 20 heavy (non-hydrogen) atoms. The summed E-state index contributed by atoms with van der Waals surface area (Å²) < 4.78 is 0. The van der Waals surface area contributed by atoms with Crippen LogP contribution in [0.2, 0.25) is 0 Å². The Morgan fingerprint density at radius 2 is 2.20 bits per heavy atom. The number of amides is 1. The molecule has 0 unspecified atom stereocenters. The third-order valence-electron chi connectivity index (χ3n) is 4.97. The molecule has 4 nitrogen and oxygen atoms in total. The molecule has 3 heterocycles. The summed E-state index contributed by atoms with van der Waals surface area (Å²) in [5, 5.41) is 0. The number of aromatic nitrogens is 1. The lowest BCUT2D eigenvalue weighted by Crippen LogP contribution is -2.58. The van der Waals surface area contributed by atoms with Crippen LogP contribution in [0.4, 0.5) is 0 Å². The first kappa shape index (κ1) is 12.3. The van der Waals surface area contributed by atoms with E-state index in [-0.39, 0.29) is 5.91 Å². The summed E-state index contributed by atoms with van der Waals surface area (Å²) >= 11 is 0. The van der Waals surface area contributed by atoms with Crippen molar-refractivity contribution in [1.82, 2.24) is 14.8 Å². The molecule has 4 rings (SSSR count). The van der Waals surface area contributed by atoms with E-state index in [1.165, 1.54) is 38.9 Å². The molecule has 0 bridgehead atoms. The minimum absolute atomic E-state index is 0.149. The van der Waals surface area contributed by atoms with E-state index < -0.39 is 0 Å². The number of hydrogen-bond donors (Lipinski definition) is 0. The summed E-state index contributed by atoms with van der Waals surface area (Å²) in [5.74, 6) is 1.12. The normalized spacial score (nSPS) is 24.9. The van der Waals surface area contributed by atoms with E-state index in [0.717, 1.165) is 24.6 Å². The molecule has 0 radical (unpaired) electrons. The fourth-order valence-corrected chi connectivity index (χ4v) is 3.74. The zero-order valence-electron chi connectivity index (χ0n) is 11.8.